The van der Waals surface area contributed by atoms with Crippen LogP contribution in [0.25, 0.3) is 10.9 Å². The number of fused-ring (bicyclic) bond motifs is 1. The average Bonchev–Trinajstić information content (AvgIpc) is 2.61. The number of aryl methyl sites for hydroxylation is 1. The molecule has 1 aromatic carbocycles. The summed E-state index contributed by atoms with van der Waals surface area (Å²) in [4.78, 5) is 24.8. The Bertz CT molecular complexity index is 887. The monoisotopic (exact) mass is 353 g/mol. The summed E-state index contributed by atoms with van der Waals surface area (Å²) in [6, 6.07) is 1.96. The second kappa shape index (κ2) is 6.89. The van der Waals surface area contributed by atoms with Gasteiger partial charge in [0.05, 0.1) is 18.7 Å². The largest absolute Gasteiger partial charge is 0.506 e. The zero-order valence-electron chi connectivity index (χ0n) is 13.6. The summed E-state index contributed by atoms with van der Waals surface area (Å²) in [5, 5.41) is 10.2. The summed E-state index contributed by atoms with van der Waals surface area (Å²) < 4.78 is 38.9. The second-order valence-electron chi connectivity index (χ2n) is 5.83. The van der Waals surface area contributed by atoms with Gasteiger partial charge in [0.2, 0.25) is 0 Å². The van der Waals surface area contributed by atoms with Crippen molar-refractivity contribution in [1.29, 1.82) is 0 Å². The summed E-state index contributed by atoms with van der Waals surface area (Å²) in [6.07, 6.45) is 0.397. The highest BCUT2D eigenvalue weighted by Gasteiger charge is 2.25. The molecule has 25 heavy (non-hydrogen) atoms. The molecule has 1 aliphatic heterocycles. The highest BCUT2D eigenvalue weighted by atomic mass is 19.2. The van der Waals surface area contributed by atoms with Crippen LogP contribution in [0.3, 0.4) is 0 Å². The predicted octanol–water partition coefficient (Wildman–Crippen LogP) is 2.25. The fourth-order valence-corrected chi connectivity index (χ4v) is 2.89. The van der Waals surface area contributed by atoms with Gasteiger partial charge in [-0.2, -0.15) is 0 Å². The van der Waals surface area contributed by atoms with Gasteiger partial charge >= 0.3 is 0 Å². The normalized spacial score (nSPS) is 15.6. The molecule has 8 heteroatoms. The molecule has 134 valence electrons. The summed E-state index contributed by atoms with van der Waals surface area (Å²) in [5.74, 6) is -3.65. The fraction of sp³-hybridized carbons (Fsp3) is 0.412. The maximum absolute atomic E-state index is 14.0. The first-order valence-electron chi connectivity index (χ1n) is 7.88. The maximum Gasteiger partial charge on any atom is 0.265 e. The lowest BCUT2D eigenvalue weighted by atomic mass is 10.0. The summed E-state index contributed by atoms with van der Waals surface area (Å²) >= 11 is 0. The molecule has 1 aliphatic rings. The molecule has 1 N–H and O–H groups in total. The van der Waals surface area contributed by atoms with Crippen LogP contribution >= 0.6 is 0 Å². The summed E-state index contributed by atoms with van der Waals surface area (Å²) in [5.41, 5.74) is -1.72. The molecule has 6 nitrogen and oxygen atoms in total. The van der Waals surface area contributed by atoms with Gasteiger partial charge in [0.15, 0.2) is 23.7 Å². The number of benzene rings is 1. The van der Waals surface area contributed by atoms with Crippen LogP contribution < -0.4 is 5.56 Å². The van der Waals surface area contributed by atoms with E-state index in [2.05, 4.69) is 0 Å². The summed E-state index contributed by atoms with van der Waals surface area (Å²) in [6.45, 7) is 1.07. The minimum atomic E-state index is -1.25. The number of rotatable bonds is 4. The molecule has 0 spiro atoms. The van der Waals surface area contributed by atoms with E-state index in [4.69, 9.17) is 9.47 Å². The zero-order valence-corrected chi connectivity index (χ0v) is 13.6. The van der Waals surface area contributed by atoms with Crippen molar-refractivity contribution >= 4 is 16.7 Å². The van der Waals surface area contributed by atoms with E-state index in [0.717, 1.165) is 23.1 Å². The lowest BCUT2D eigenvalue weighted by Gasteiger charge is -2.22. The van der Waals surface area contributed by atoms with Crippen LogP contribution in [-0.2, 0) is 16.5 Å². The van der Waals surface area contributed by atoms with Gasteiger partial charge in [-0.15, -0.1) is 0 Å². The third-order valence-corrected chi connectivity index (χ3v) is 4.20. The Morgan fingerprint density at radius 2 is 2.00 bits per heavy atom. The van der Waals surface area contributed by atoms with Crippen LogP contribution in [-0.4, -0.2) is 35.0 Å². The van der Waals surface area contributed by atoms with Crippen molar-refractivity contribution in [2.45, 2.75) is 25.6 Å². The molecule has 0 aliphatic carbocycles. The quantitative estimate of drug-likeness (QED) is 0.853. The Morgan fingerprint density at radius 1 is 1.32 bits per heavy atom. The van der Waals surface area contributed by atoms with E-state index in [-0.39, 0.29) is 18.2 Å². The number of nitrogens with zero attached hydrogens (tertiary/aromatic N) is 1. The second-order valence-corrected chi connectivity index (χ2v) is 5.83. The van der Waals surface area contributed by atoms with Crippen LogP contribution in [0.4, 0.5) is 8.78 Å². The predicted molar refractivity (Wildman–Crippen MR) is 84.6 cm³/mol. The molecule has 0 unspecified atom stereocenters. The third kappa shape index (κ3) is 3.14. The van der Waals surface area contributed by atoms with Crippen molar-refractivity contribution in [3.63, 3.8) is 0 Å². The van der Waals surface area contributed by atoms with E-state index in [1.807, 2.05) is 0 Å². The molecular weight excluding hydrogens is 336 g/mol. The SMILES string of the molecule is Cn1c(=O)c(C(=O)CCC2OCCCO2)c(O)c2ccc(F)c(F)c21. The Kier molecular flexibility index (Phi) is 4.82. The highest BCUT2D eigenvalue weighted by molar-refractivity contribution is 6.03. The molecule has 0 amide bonds. The Hall–Kier alpha value is -2.32. The van der Waals surface area contributed by atoms with Crippen LogP contribution in [0, 0.1) is 11.6 Å². The van der Waals surface area contributed by atoms with Crippen molar-refractivity contribution in [3.05, 3.63) is 39.7 Å². The molecule has 0 radical (unpaired) electrons. The number of ketones is 1. The van der Waals surface area contributed by atoms with Gasteiger partial charge in [-0.3, -0.25) is 9.59 Å². The first-order valence-corrected chi connectivity index (χ1v) is 7.88. The number of ether oxygens (including phenoxy) is 2. The number of pyridine rings is 1. The minimum Gasteiger partial charge on any atom is -0.506 e. The number of Topliss-reactive ketones (excluding diaryl/α,β-unsaturated/α-hetero) is 1. The van der Waals surface area contributed by atoms with Crippen molar-refractivity contribution in [1.82, 2.24) is 4.57 Å². The minimum absolute atomic E-state index is 0.0807. The standard InChI is InChI=1S/C17H17F2NO5/c1-20-15-9(3-4-10(18)14(15)19)16(22)13(17(20)23)11(21)5-6-12-24-7-2-8-25-12/h3-4,12,22H,2,5-8H2,1H3. The van der Waals surface area contributed by atoms with E-state index in [1.54, 1.807) is 0 Å². The van der Waals surface area contributed by atoms with Crippen molar-refractivity contribution in [2.24, 2.45) is 7.05 Å². The van der Waals surface area contributed by atoms with Crippen molar-refractivity contribution < 1.29 is 28.2 Å². The van der Waals surface area contributed by atoms with E-state index in [1.165, 1.54) is 7.05 Å². The highest BCUT2D eigenvalue weighted by Crippen LogP contribution is 2.29. The molecule has 0 atom stereocenters. The van der Waals surface area contributed by atoms with Gasteiger partial charge in [0.1, 0.15) is 11.3 Å². The molecule has 3 rings (SSSR count). The zero-order chi connectivity index (χ0) is 18.1. The van der Waals surface area contributed by atoms with E-state index in [9.17, 15) is 23.5 Å². The molecule has 0 bridgehead atoms. The first-order chi connectivity index (χ1) is 11.9. The lowest BCUT2D eigenvalue weighted by Crippen LogP contribution is -2.28. The van der Waals surface area contributed by atoms with E-state index >= 15 is 0 Å². The van der Waals surface area contributed by atoms with Gasteiger partial charge in [0, 0.05) is 25.3 Å². The fourth-order valence-electron chi connectivity index (χ4n) is 2.89. The molecule has 1 aromatic heterocycles. The molecule has 1 fully saturated rings. The maximum atomic E-state index is 14.0. The van der Waals surface area contributed by atoms with Gasteiger partial charge in [-0.25, -0.2) is 8.78 Å². The lowest BCUT2D eigenvalue weighted by molar-refractivity contribution is -0.180. The van der Waals surface area contributed by atoms with Gasteiger partial charge in [-0.1, -0.05) is 0 Å². The van der Waals surface area contributed by atoms with Crippen molar-refractivity contribution in [3.8, 4) is 5.75 Å². The molecule has 0 saturated carbocycles. The molecule has 2 aromatic rings. The smallest absolute Gasteiger partial charge is 0.265 e. The topological polar surface area (TPSA) is 77.8 Å². The van der Waals surface area contributed by atoms with Crippen LogP contribution in [0.2, 0.25) is 0 Å². The summed E-state index contributed by atoms with van der Waals surface area (Å²) in [7, 11) is 1.22. The molecule has 1 saturated heterocycles. The number of hydrogen-bond donors (Lipinski definition) is 1. The number of aromatic hydroxyl groups is 1. The van der Waals surface area contributed by atoms with Crippen LogP contribution in [0.15, 0.2) is 16.9 Å². The number of aromatic nitrogens is 1. The van der Waals surface area contributed by atoms with E-state index < -0.39 is 46.1 Å². The number of carbonyl (C=O) groups excluding carboxylic acids is 1. The van der Waals surface area contributed by atoms with Gasteiger partial charge in [-0.05, 0) is 18.6 Å². The van der Waals surface area contributed by atoms with E-state index in [0.29, 0.717) is 13.2 Å². The number of halogens is 2. The first kappa shape index (κ1) is 17.5. The molecular formula is C17H17F2NO5. The van der Waals surface area contributed by atoms with Crippen molar-refractivity contribution in [2.75, 3.05) is 13.2 Å². The Morgan fingerprint density at radius 3 is 2.68 bits per heavy atom. The van der Waals surface area contributed by atoms with Gasteiger partial charge < -0.3 is 19.1 Å². The Labute approximate surface area is 141 Å². The number of carbonyl (C=O) groups is 1. The third-order valence-electron chi connectivity index (χ3n) is 4.20. The van der Waals surface area contributed by atoms with Gasteiger partial charge in [0.25, 0.3) is 5.56 Å². The van der Waals surface area contributed by atoms with Crippen LogP contribution in [0.5, 0.6) is 5.75 Å². The molecule has 2 heterocycles. The van der Waals surface area contributed by atoms with Crippen LogP contribution in [0.1, 0.15) is 29.6 Å². The number of hydrogen-bond acceptors (Lipinski definition) is 5. The average molecular weight is 353 g/mol. The Balaban J connectivity index is 1.97.